The molecular formula is C20H20N2O4S2. The van der Waals surface area contributed by atoms with E-state index in [1.165, 1.54) is 17.0 Å². The molecule has 6 nitrogen and oxygen atoms in total. The van der Waals surface area contributed by atoms with Crippen LogP contribution in [-0.2, 0) is 14.8 Å². The van der Waals surface area contributed by atoms with Crippen molar-refractivity contribution in [2.45, 2.75) is 18.7 Å². The minimum Gasteiger partial charge on any atom is -0.497 e. The molecular weight excluding hydrogens is 396 g/mol. The van der Waals surface area contributed by atoms with Gasteiger partial charge in [0.15, 0.2) is 5.17 Å². The van der Waals surface area contributed by atoms with Gasteiger partial charge in [-0.15, -0.1) is 4.40 Å². The first kappa shape index (κ1) is 20.2. The van der Waals surface area contributed by atoms with Crippen molar-refractivity contribution in [3.63, 3.8) is 0 Å². The first-order chi connectivity index (χ1) is 13.3. The quantitative estimate of drug-likeness (QED) is 0.695. The third kappa shape index (κ3) is 4.28. The van der Waals surface area contributed by atoms with Crippen LogP contribution in [0.3, 0.4) is 0 Å². The smallest absolute Gasteiger partial charge is 0.284 e. The van der Waals surface area contributed by atoms with E-state index in [1.807, 2.05) is 19.1 Å². The first-order valence-corrected chi connectivity index (χ1v) is 10.9. The molecule has 1 amide bonds. The van der Waals surface area contributed by atoms with Crippen LogP contribution >= 0.6 is 11.8 Å². The van der Waals surface area contributed by atoms with Gasteiger partial charge in [-0.25, -0.2) is 0 Å². The van der Waals surface area contributed by atoms with E-state index in [9.17, 15) is 13.2 Å². The number of carbonyl (C=O) groups is 1. The van der Waals surface area contributed by atoms with Gasteiger partial charge in [0.2, 0.25) is 0 Å². The maximum Gasteiger partial charge on any atom is 0.284 e. The highest BCUT2D eigenvalue weighted by molar-refractivity contribution is 8.19. The number of hydrogen-bond acceptors (Lipinski definition) is 5. The fourth-order valence-corrected chi connectivity index (χ4v) is 4.82. The van der Waals surface area contributed by atoms with E-state index in [0.29, 0.717) is 17.2 Å². The molecule has 0 spiro atoms. The maximum absolute atomic E-state index is 12.7. The SMILES string of the molecule is CCN1C(=O)/C(=C/c2ccc(OC)cc2)S/C1=N\S(=O)(=O)c1ccc(C)cc1. The third-order valence-electron chi connectivity index (χ3n) is 4.13. The van der Waals surface area contributed by atoms with Crippen LogP contribution in [0.15, 0.2) is 62.7 Å². The van der Waals surface area contributed by atoms with E-state index in [4.69, 9.17) is 4.74 Å². The lowest BCUT2D eigenvalue weighted by molar-refractivity contribution is -0.122. The summed E-state index contributed by atoms with van der Waals surface area (Å²) >= 11 is 1.06. The van der Waals surface area contributed by atoms with Crippen LogP contribution in [0.5, 0.6) is 5.75 Å². The van der Waals surface area contributed by atoms with Gasteiger partial charge in [0.25, 0.3) is 15.9 Å². The molecule has 0 aromatic heterocycles. The van der Waals surface area contributed by atoms with E-state index in [1.54, 1.807) is 44.4 Å². The van der Waals surface area contributed by atoms with Crippen molar-refractivity contribution in [1.82, 2.24) is 4.90 Å². The van der Waals surface area contributed by atoms with Crippen molar-refractivity contribution < 1.29 is 17.9 Å². The van der Waals surface area contributed by atoms with Crippen LogP contribution in [0.2, 0.25) is 0 Å². The van der Waals surface area contributed by atoms with Gasteiger partial charge in [-0.05, 0) is 61.5 Å². The number of amidine groups is 1. The largest absolute Gasteiger partial charge is 0.497 e. The van der Waals surface area contributed by atoms with E-state index in [-0.39, 0.29) is 16.0 Å². The number of aryl methyl sites for hydroxylation is 1. The van der Waals surface area contributed by atoms with Gasteiger partial charge in [-0.1, -0.05) is 29.8 Å². The lowest BCUT2D eigenvalue weighted by atomic mass is 10.2. The third-order valence-corrected chi connectivity index (χ3v) is 6.54. The molecule has 0 radical (unpaired) electrons. The summed E-state index contributed by atoms with van der Waals surface area (Å²) in [7, 11) is -2.32. The summed E-state index contributed by atoms with van der Waals surface area (Å²) in [4.78, 5) is 14.6. The number of sulfonamides is 1. The highest BCUT2D eigenvalue weighted by Gasteiger charge is 2.34. The Kier molecular flexibility index (Phi) is 5.90. The molecule has 1 saturated heterocycles. The van der Waals surface area contributed by atoms with Crippen LogP contribution < -0.4 is 4.74 Å². The van der Waals surface area contributed by atoms with Crippen LogP contribution in [0.25, 0.3) is 6.08 Å². The molecule has 2 aromatic carbocycles. The Balaban J connectivity index is 1.93. The minimum absolute atomic E-state index is 0.0993. The predicted octanol–water partition coefficient (Wildman–Crippen LogP) is 3.68. The number of thioether (sulfide) groups is 1. The summed E-state index contributed by atoms with van der Waals surface area (Å²) in [6.07, 6.45) is 1.72. The van der Waals surface area contributed by atoms with Gasteiger partial charge in [0.1, 0.15) is 5.75 Å². The number of methoxy groups -OCH3 is 1. The second kappa shape index (κ2) is 8.20. The normalized spacial score (nSPS) is 17.5. The second-order valence-electron chi connectivity index (χ2n) is 6.10. The average Bonchev–Trinajstić information content (AvgIpc) is 2.96. The topological polar surface area (TPSA) is 76.0 Å². The van der Waals surface area contributed by atoms with Crippen LogP contribution in [0, 0.1) is 6.92 Å². The zero-order valence-electron chi connectivity index (χ0n) is 15.7. The molecule has 3 rings (SSSR count). The molecule has 0 unspecified atom stereocenters. The molecule has 0 aliphatic carbocycles. The van der Waals surface area contributed by atoms with Gasteiger partial charge in [-0.2, -0.15) is 8.42 Å². The van der Waals surface area contributed by atoms with Gasteiger partial charge in [-0.3, -0.25) is 9.69 Å². The zero-order valence-corrected chi connectivity index (χ0v) is 17.4. The number of likely N-dealkylation sites (N-methyl/N-ethyl adjacent to an activating group) is 1. The van der Waals surface area contributed by atoms with Crippen LogP contribution in [0.1, 0.15) is 18.1 Å². The monoisotopic (exact) mass is 416 g/mol. The number of carbonyl (C=O) groups excluding carboxylic acids is 1. The Bertz CT molecular complexity index is 1040. The van der Waals surface area contributed by atoms with Crippen molar-refractivity contribution >= 4 is 38.9 Å². The van der Waals surface area contributed by atoms with Gasteiger partial charge >= 0.3 is 0 Å². The minimum atomic E-state index is -3.90. The van der Waals surface area contributed by atoms with Crippen LogP contribution in [0.4, 0.5) is 0 Å². The van der Waals surface area contributed by atoms with E-state index < -0.39 is 10.0 Å². The Morgan fingerprint density at radius 2 is 1.75 bits per heavy atom. The lowest BCUT2D eigenvalue weighted by Crippen LogP contribution is -2.29. The fourth-order valence-electron chi connectivity index (χ4n) is 2.57. The van der Waals surface area contributed by atoms with Gasteiger partial charge in [0, 0.05) is 6.54 Å². The molecule has 0 N–H and O–H groups in total. The lowest BCUT2D eigenvalue weighted by Gasteiger charge is -2.12. The number of ether oxygens (including phenoxy) is 1. The summed E-state index contributed by atoms with van der Waals surface area (Å²) in [5.74, 6) is 0.454. The number of nitrogens with zero attached hydrogens (tertiary/aromatic N) is 2. The van der Waals surface area contributed by atoms with E-state index in [0.717, 1.165) is 22.9 Å². The molecule has 1 fully saturated rings. The van der Waals surface area contributed by atoms with Crippen molar-refractivity contribution in [1.29, 1.82) is 0 Å². The summed E-state index contributed by atoms with van der Waals surface area (Å²) in [6, 6.07) is 13.7. The van der Waals surface area contributed by atoms with Crippen molar-refractivity contribution in [2.75, 3.05) is 13.7 Å². The molecule has 146 valence electrons. The summed E-state index contributed by atoms with van der Waals surface area (Å²) in [5, 5.41) is 0.160. The molecule has 1 aliphatic rings. The predicted molar refractivity (Wildman–Crippen MR) is 112 cm³/mol. The van der Waals surface area contributed by atoms with Crippen molar-refractivity contribution in [2.24, 2.45) is 4.40 Å². The average molecular weight is 417 g/mol. The zero-order chi connectivity index (χ0) is 20.3. The Labute approximate surface area is 169 Å². The summed E-state index contributed by atoms with van der Waals surface area (Å²) in [6.45, 7) is 3.99. The Hall–Kier alpha value is -2.58. The standard InChI is InChI=1S/C20H20N2O4S2/c1-4-22-19(23)18(13-15-7-9-16(26-3)10-8-15)27-20(22)21-28(24,25)17-11-5-14(2)6-12-17/h5-13H,4H2,1-3H3/b18-13-,21-20-. The van der Waals surface area contributed by atoms with Crippen LogP contribution in [-0.4, -0.2) is 38.0 Å². The molecule has 0 saturated carbocycles. The van der Waals surface area contributed by atoms with E-state index >= 15 is 0 Å². The molecule has 28 heavy (non-hydrogen) atoms. The summed E-state index contributed by atoms with van der Waals surface area (Å²) in [5.41, 5.74) is 1.77. The first-order valence-electron chi connectivity index (χ1n) is 8.61. The molecule has 0 atom stereocenters. The fraction of sp³-hybridized carbons (Fsp3) is 0.200. The van der Waals surface area contributed by atoms with Gasteiger partial charge < -0.3 is 4.74 Å². The van der Waals surface area contributed by atoms with E-state index in [2.05, 4.69) is 4.40 Å². The molecule has 8 heteroatoms. The molecule has 0 bridgehead atoms. The highest BCUT2D eigenvalue weighted by atomic mass is 32.2. The molecule has 1 heterocycles. The number of amides is 1. The number of rotatable bonds is 5. The Morgan fingerprint density at radius 3 is 2.32 bits per heavy atom. The number of hydrogen-bond donors (Lipinski definition) is 0. The molecule has 2 aromatic rings. The number of benzene rings is 2. The summed E-state index contributed by atoms with van der Waals surface area (Å²) < 4.78 is 34.3. The van der Waals surface area contributed by atoms with Gasteiger partial charge in [0.05, 0.1) is 16.9 Å². The maximum atomic E-state index is 12.7. The second-order valence-corrected chi connectivity index (χ2v) is 8.71. The highest BCUT2D eigenvalue weighted by Crippen LogP contribution is 2.33. The molecule has 1 aliphatic heterocycles. The van der Waals surface area contributed by atoms with Crippen molar-refractivity contribution in [3.05, 3.63) is 64.6 Å². The Morgan fingerprint density at radius 1 is 1.11 bits per heavy atom. The van der Waals surface area contributed by atoms with Crippen molar-refractivity contribution in [3.8, 4) is 5.75 Å².